The second-order valence-corrected chi connectivity index (χ2v) is 10.4. The lowest BCUT2D eigenvalue weighted by Crippen LogP contribution is -2.21. The molecule has 0 saturated heterocycles. The normalized spacial score (nSPS) is 11.9. The SMILES string of the molecule is COC(=O)c1ccccc1NC(=O)C(Sc1ccc(NC(=O)CC(C)(C)C)cc1)c1ccccc1. The van der Waals surface area contributed by atoms with Gasteiger partial charge < -0.3 is 15.4 Å². The van der Waals surface area contributed by atoms with Crippen LogP contribution in [0.5, 0.6) is 0 Å². The average molecular weight is 491 g/mol. The molecule has 7 heteroatoms. The first-order valence-electron chi connectivity index (χ1n) is 11.3. The molecular formula is C28H30N2O4S. The third kappa shape index (κ3) is 7.72. The van der Waals surface area contributed by atoms with Crippen LogP contribution >= 0.6 is 11.8 Å². The van der Waals surface area contributed by atoms with Gasteiger partial charge in [0.15, 0.2) is 0 Å². The summed E-state index contributed by atoms with van der Waals surface area (Å²) >= 11 is 1.39. The van der Waals surface area contributed by atoms with Crippen LogP contribution in [0.2, 0.25) is 0 Å². The van der Waals surface area contributed by atoms with E-state index in [4.69, 9.17) is 4.74 Å². The predicted molar refractivity (Wildman–Crippen MR) is 141 cm³/mol. The number of esters is 1. The molecule has 182 valence electrons. The molecule has 3 aromatic rings. The van der Waals surface area contributed by atoms with Gasteiger partial charge in [-0.2, -0.15) is 0 Å². The van der Waals surface area contributed by atoms with Crippen molar-refractivity contribution in [1.29, 1.82) is 0 Å². The molecule has 3 aromatic carbocycles. The first-order chi connectivity index (χ1) is 16.7. The Hall–Kier alpha value is -3.58. The van der Waals surface area contributed by atoms with Crippen LogP contribution in [0.15, 0.2) is 83.8 Å². The molecular weight excluding hydrogens is 460 g/mol. The van der Waals surface area contributed by atoms with Gasteiger partial charge in [-0.1, -0.05) is 63.2 Å². The number of para-hydroxylation sites is 1. The first-order valence-corrected chi connectivity index (χ1v) is 12.1. The Bertz CT molecular complexity index is 1170. The van der Waals surface area contributed by atoms with Crippen molar-refractivity contribution in [1.82, 2.24) is 0 Å². The van der Waals surface area contributed by atoms with E-state index >= 15 is 0 Å². The summed E-state index contributed by atoms with van der Waals surface area (Å²) in [5.41, 5.74) is 2.12. The summed E-state index contributed by atoms with van der Waals surface area (Å²) in [7, 11) is 1.30. The lowest BCUT2D eigenvalue weighted by molar-refractivity contribution is -0.118. The highest BCUT2D eigenvalue weighted by atomic mass is 32.2. The van der Waals surface area contributed by atoms with Gasteiger partial charge in [-0.25, -0.2) is 4.79 Å². The topological polar surface area (TPSA) is 84.5 Å². The average Bonchev–Trinajstić information content (AvgIpc) is 2.82. The van der Waals surface area contributed by atoms with Crippen molar-refractivity contribution in [2.45, 2.75) is 37.3 Å². The maximum atomic E-state index is 13.4. The van der Waals surface area contributed by atoms with Crippen LogP contribution in [0, 0.1) is 5.41 Å². The number of carbonyl (C=O) groups is 3. The van der Waals surface area contributed by atoms with Gasteiger partial charge in [-0.3, -0.25) is 9.59 Å². The third-order valence-electron chi connectivity index (χ3n) is 5.01. The minimum atomic E-state index is -0.566. The molecule has 0 aromatic heterocycles. The van der Waals surface area contributed by atoms with Crippen molar-refractivity contribution < 1.29 is 19.1 Å². The number of thioether (sulfide) groups is 1. The number of anilines is 2. The predicted octanol–water partition coefficient (Wildman–Crippen LogP) is 6.32. The summed E-state index contributed by atoms with van der Waals surface area (Å²) < 4.78 is 4.84. The quantitative estimate of drug-likeness (QED) is 0.285. The Morgan fingerprint density at radius 1 is 0.857 bits per heavy atom. The van der Waals surface area contributed by atoms with E-state index in [2.05, 4.69) is 10.6 Å². The minimum absolute atomic E-state index is 0.0382. The highest BCUT2D eigenvalue weighted by molar-refractivity contribution is 8.00. The largest absolute Gasteiger partial charge is 0.465 e. The number of rotatable bonds is 8. The standard InChI is InChI=1S/C28H30N2O4S/c1-28(2,3)18-24(31)29-20-14-16-21(17-15-20)35-25(19-10-6-5-7-11-19)26(32)30-23-13-9-8-12-22(23)27(33)34-4/h5-17,25H,18H2,1-4H3,(H,29,31)(H,30,32). The maximum absolute atomic E-state index is 13.4. The lowest BCUT2D eigenvalue weighted by atomic mass is 9.92. The molecule has 0 saturated carbocycles. The number of hydrogen-bond acceptors (Lipinski definition) is 5. The van der Waals surface area contributed by atoms with Crippen LogP contribution in [0.1, 0.15) is 48.4 Å². The second kappa shape index (κ2) is 11.7. The van der Waals surface area contributed by atoms with Gasteiger partial charge in [0, 0.05) is 17.0 Å². The monoisotopic (exact) mass is 490 g/mol. The van der Waals surface area contributed by atoms with Crippen molar-refractivity contribution in [2.75, 3.05) is 17.7 Å². The molecule has 0 aliphatic carbocycles. The molecule has 1 unspecified atom stereocenters. The van der Waals surface area contributed by atoms with Gasteiger partial charge in [0.2, 0.25) is 11.8 Å². The highest BCUT2D eigenvalue weighted by Gasteiger charge is 2.24. The molecule has 0 radical (unpaired) electrons. The van der Waals surface area contributed by atoms with Crippen molar-refractivity contribution in [3.8, 4) is 0 Å². The summed E-state index contributed by atoms with van der Waals surface area (Å²) in [6, 6.07) is 23.6. The summed E-state index contributed by atoms with van der Waals surface area (Å²) in [6.45, 7) is 6.06. The van der Waals surface area contributed by atoms with Crippen LogP contribution in [0.3, 0.4) is 0 Å². The van der Waals surface area contributed by atoms with E-state index in [1.54, 1.807) is 24.3 Å². The summed E-state index contributed by atoms with van der Waals surface area (Å²) in [5.74, 6) is -0.822. The molecule has 0 aliphatic rings. The molecule has 0 aliphatic heterocycles. The molecule has 0 spiro atoms. The summed E-state index contributed by atoms with van der Waals surface area (Å²) in [4.78, 5) is 38.6. The molecule has 6 nitrogen and oxygen atoms in total. The smallest absolute Gasteiger partial charge is 0.339 e. The zero-order valence-corrected chi connectivity index (χ0v) is 21.1. The fraction of sp³-hybridized carbons (Fsp3) is 0.250. The van der Waals surface area contributed by atoms with Crippen molar-refractivity contribution in [2.24, 2.45) is 5.41 Å². The highest BCUT2D eigenvalue weighted by Crippen LogP contribution is 2.37. The summed E-state index contributed by atoms with van der Waals surface area (Å²) in [5, 5.41) is 5.24. The number of carbonyl (C=O) groups excluding carboxylic acids is 3. The van der Waals surface area contributed by atoms with Crippen LogP contribution in [0.4, 0.5) is 11.4 Å². The van der Waals surface area contributed by atoms with Gasteiger partial charge in [0.25, 0.3) is 0 Å². The zero-order valence-electron chi connectivity index (χ0n) is 20.3. The lowest BCUT2D eigenvalue weighted by Gasteiger charge is -2.19. The van der Waals surface area contributed by atoms with Gasteiger partial charge in [0.05, 0.1) is 18.4 Å². The fourth-order valence-corrected chi connectivity index (χ4v) is 4.44. The van der Waals surface area contributed by atoms with E-state index in [-0.39, 0.29) is 22.8 Å². The Morgan fingerprint density at radius 3 is 2.11 bits per heavy atom. The van der Waals surface area contributed by atoms with E-state index in [0.717, 1.165) is 10.5 Å². The number of benzene rings is 3. The van der Waals surface area contributed by atoms with Gasteiger partial charge in [-0.05, 0) is 47.4 Å². The number of hydrogen-bond donors (Lipinski definition) is 2. The van der Waals surface area contributed by atoms with Gasteiger partial charge in [0.1, 0.15) is 5.25 Å². The Balaban J connectivity index is 1.79. The molecule has 2 amide bonds. The third-order valence-corrected chi connectivity index (χ3v) is 6.28. The molecule has 2 N–H and O–H groups in total. The van der Waals surface area contributed by atoms with Crippen LogP contribution in [-0.4, -0.2) is 24.9 Å². The Morgan fingerprint density at radius 2 is 1.49 bits per heavy atom. The van der Waals surface area contributed by atoms with Gasteiger partial charge >= 0.3 is 5.97 Å². The molecule has 0 heterocycles. The number of amides is 2. The van der Waals surface area contributed by atoms with E-state index in [1.165, 1.54) is 18.9 Å². The Labute approximate surface area is 210 Å². The van der Waals surface area contributed by atoms with Crippen molar-refractivity contribution in [3.05, 3.63) is 90.0 Å². The van der Waals surface area contributed by atoms with E-state index < -0.39 is 11.2 Å². The molecule has 0 fully saturated rings. The minimum Gasteiger partial charge on any atom is -0.465 e. The van der Waals surface area contributed by atoms with Crippen LogP contribution in [0.25, 0.3) is 0 Å². The van der Waals surface area contributed by atoms with Crippen LogP contribution in [-0.2, 0) is 14.3 Å². The molecule has 1 atom stereocenters. The maximum Gasteiger partial charge on any atom is 0.339 e. The molecule has 0 bridgehead atoms. The van der Waals surface area contributed by atoms with E-state index in [9.17, 15) is 14.4 Å². The Kier molecular flexibility index (Phi) is 8.71. The van der Waals surface area contributed by atoms with E-state index in [1.807, 2.05) is 75.4 Å². The molecule has 35 heavy (non-hydrogen) atoms. The zero-order chi connectivity index (χ0) is 25.4. The van der Waals surface area contributed by atoms with Crippen molar-refractivity contribution >= 4 is 40.9 Å². The number of ether oxygens (including phenoxy) is 1. The van der Waals surface area contributed by atoms with Crippen molar-refractivity contribution in [3.63, 3.8) is 0 Å². The van der Waals surface area contributed by atoms with E-state index in [0.29, 0.717) is 17.8 Å². The summed E-state index contributed by atoms with van der Waals surface area (Å²) in [6.07, 6.45) is 0.423. The van der Waals surface area contributed by atoms with Gasteiger partial charge in [-0.15, -0.1) is 11.8 Å². The fourth-order valence-electron chi connectivity index (χ4n) is 3.42. The van der Waals surface area contributed by atoms with Crippen LogP contribution < -0.4 is 10.6 Å². The number of methoxy groups -OCH3 is 1. The number of nitrogens with one attached hydrogen (secondary N) is 2. The molecule has 3 rings (SSSR count). The second-order valence-electron chi connectivity index (χ2n) is 9.24. The first kappa shape index (κ1) is 26.0.